The zero-order chi connectivity index (χ0) is 34.7. The fourth-order valence-electron chi connectivity index (χ4n) is 5.27. The van der Waals surface area contributed by atoms with Crippen molar-refractivity contribution < 1.29 is 48.2 Å². The van der Waals surface area contributed by atoms with Crippen LogP contribution in [0.25, 0.3) is 66.9 Å². The summed E-state index contributed by atoms with van der Waals surface area (Å²) in [5.74, 6) is 0.339. The molecule has 0 bridgehead atoms. The van der Waals surface area contributed by atoms with Gasteiger partial charge in [0.25, 0.3) is 5.88 Å². The standard InChI is InChI=1S/C18H14ClN3O2.C16H9Cl2N3O.C2H5O.Na/c1-3-23-17-15-14(21-18(19)22-17)13-10(2)9-12(20-16(13)24-15)11-7-5-4-6-8-11;1-8-7-10(9-5-3-2-4-6-9)19-15-11(8)12-13(22-15)14(17)21-16(18)20-12;1-2-3;/h4-9H,3H2,1-2H3;2-7H,1H3;2H2,1H3;/q;;-1;+1. The normalized spacial score (nSPS) is 10.8. The predicted octanol–water partition coefficient (Wildman–Crippen LogP) is 6.22. The van der Waals surface area contributed by atoms with Crippen LogP contribution in [0.3, 0.4) is 0 Å². The Morgan fingerprint density at radius 3 is 1.56 bits per heavy atom. The van der Waals surface area contributed by atoms with Crippen molar-refractivity contribution in [3.8, 4) is 28.4 Å². The molecule has 248 valence electrons. The Morgan fingerprint density at radius 2 is 1.08 bits per heavy atom. The van der Waals surface area contributed by atoms with E-state index in [-0.39, 0.29) is 51.9 Å². The van der Waals surface area contributed by atoms with Crippen molar-refractivity contribution in [3.05, 3.63) is 99.6 Å². The second-order valence-electron chi connectivity index (χ2n) is 10.6. The Bertz CT molecular complexity index is 2430. The molecule has 0 saturated carbocycles. The zero-order valence-corrected chi connectivity index (χ0v) is 32.1. The van der Waals surface area contributed by atoms with E-state index in [4.69, 9.17) is 53.5 Å². The maximum atomic E-state index is 8.93. The first-order valence-electron chi connectivity index (χ1n) is 15.2. The first-order chi connectivity index (χ1) is 23.7. The van der Waals surface area contributed by atoms with Gasteiger partial charge in [0.05, 0.1) is 28.8 Å². The van der Waals surface area contributed by atoms with Gasteiger partial charge in [-0.05, 0) is 67.2 Å². The fourth-order valence-corrected chi connectivity index (χ4v) is 5.86. The van der Waals surface area contributed by atoms with E-state index in [1.54, 1.807) is 6.92 Å². The van der Waals surface area contributed by atoms with E-state index in [9.17, 15) is 0 Å². The van der Waals surface area contributed by atoms with Crippen LogP contribution in [-0.4, -0.2) is 43.1 Å². The molecule has 0 saturated heterocycles. The number of hydrogen-bond acceptors (Lipinski definition) is 10. The van der Waals surface area contributed by atoms with Crippen LogP contribution in [0.1, 0.15) is 25.0 Å². The first kappa shape index (κ1) is 37.4. The molecule has 0 unspecified atom stereocenters. The van der Waals surface area contributed by atoms with Crippen LogP contribution in [0.4, 0.5) is 0 Å². The van der Waals surface area contributed by atoms with E-state index >= 15 is 0 Å². The summed E-state index contributed by atoms with van der Waals surface area (Å²) in [7, 11) is 0. The minimum atomic E-state index is 0. The minimum absolute atomic E-state index is 0. The molecule has 6 heterocycles. The molecule has 2 aromatic carbocycles. The summed E-state index contributed by atoms with van der Waals surface area (Å²) < 4.78 is 17.2. The number of hydrogen-bond donors (Lipinski definition) is 0. The number of benzene rings is 2. The minimum Gasteiger partial charge on any atom is -0.855 e. The number of nitrogens with zero attached hydrogens (tertiary/aromatic N) is 6. The molecule has 0 aliphatic rings. The topological polar surface area (TPSA) is 136 Å². The van der Waals surface area contributed by atoms with Crippen molar-refractivity contribution in [2.45, 2.75) is 27.7 Å². The van der Waals surface area contributed by atoms with Crippen molar-refractivity contribution in [1.29, 1.82) is 0 Å². The Kier molecular flexibility index (Phi) is 12.3. The summed E-state index contributed by atoms with van der Waals surface area (Å²) in [6, 6.07) is 23.9. The summed E-state index contributed by atoms with van der Waals surface area (Å²) in [5, 5.41) is 11.0. The Morgan fingerprint density at radius 1 is 0.640 bits per heavy atom. The number of fused-ring (bicyclic) bond motifs is 6. The third kappa shape index (κ3) is 7.72. The van der Waals surface area contributed by atoms with E-state index in [0.717, 1.165) is 44.4 Å². The average Bonchev–Trinajstić information content (AvgIpc) is 3.66. The van der Waals surface area contributed by atoms with E-state index in [1.807, 2.05) is 93.6 Å². The van der Waals surface area contributed by atoms with Gasteiger partial charge >= 0.3 is 29.6 Å². The van der Waals surface area contributed by atoms with Crippen LogP contribution in [0.15, 0.2) is 81.6 Å². The molecule has 0 fully saturated rings. The van der Waals surface area contributed by atoms with Gasteiger partial charge in [-0.25, -0.2) is 24.9 Å². The van der Waals surface area contributed by atoms with Gasteiger partial charge in [-0.3, -0.25) is 0 Å². The molecule has 10 nitrogen and oxygen atoms in total. The van der Waals surface area contributed by atoms with Crippen molar-refractivity contribution in [3.63, 3.8) is 0 Å². The van der Waals surface area contributed by atoms with Gasteiger partial charge in [-0.2, -0.15) is 4.98 Å². The van der Waals surface area contributed by atoms with E-state index in [0.29, 0.717) is 46.1 Å². The molecule has 14 heteroatoms. The number of aryl methyl sites for hydroxylation is 2. The molecule has 6 aromatic heterocycles. The third-order valence-electron chi connectivity index (χ3n) is 7.26. The summed E-state index contributed by atoms with van der Waals surface area (Å²) >= 11 is 18.0. The van der Waals surface area contributed by atoms with E-state index in [1.165, 1.54) is 0 Å². The first-order valence-corrected chi connectivity index (χ1v) is 16.4. The molecule has 0 radical (unpaired) electrons. The largest absolute Gasteiger partial charge is 1.00 e. The van der Waals surface area contributed by atoms with Gasteiger partial charge < -0.3 is 18.7 Å². The molecule has 8 aromatic rings. The van der Waals surface area contributed by atoms with Crippen molar-refractivity contribution in [2.24, 2.45) is 0 Å². The number of rotatable bonds is 4. The second-order valence-corrected chi connectivity index (χ2v) is 11.6. The molecule has 0 N–H and O–H groups in total. The number of furan rings is 2. The van der Waals surface area contributed by atoms with Crippen LogP contribution in [0.5, 0.6) is 5.88 Å². The number of pyridine rings is 2. The average molecular weight is 738 g/mol. The maximum absolute atomic E-state index is 8.93. The number of aromatic nitrogens is 6. The Hall–Kier alpha value is -3.87. The predicted molar refractivity (Wildman–Crippen MR) is 191 cm³/mol. The van der Waals surface area contributed by atoms with Crippen LogP contribution in [-0.2, 0) is 0 Å². The summed E-state index contributed by atoms with van der Waals surface area (Å²) in [6.07, 6.45) is 0. The molecule has 0 aliphatic heterocycles. The Balaban J connectivity index is 0.000000178. The van der Waals surface area contributed by atoms with Gasteiger partial charge in [0.2, 0.25) is 27.6 Å². The van der Waals surface area contributed by atoms with Gasteiger partial charge in [-0.1, -0.05) is 79.2 Å². The van der Waals surface area contributed by atoms with Crippen molar-refractivity contribution in [2.75, 3.05) is 13.2 Å². The zero-order valence-electron chi connectivity index (χ0n) is 27.8. The summed E-state index contributed by atoms with van der Waals surface area (Å²) in [6.45, 7) is 7.89. The fraction of sp³-hybridized carbons (Fsp3) is 0.167. The molecule has 50 heavy (non-hydrogen) atoms. The second kappa shape index (κ2) is 16.4. The van der Waals surface area contributed by atoms with Crippen molar-refractivity contribution in [1.82, 2.24) is 29.9 Å². The quantitative estimate of drug-likeness (QED) is 0.116. The molecule has 0 amide bonds. The van der Waals surface area contributed by atoms with Crippen LogP contribution in [0.2, 0.25) is 15.7 Å². The SMILES string of the molecule is CCOc1nc(Cl)nc2c1oc1nc(-c3ccccc3)cc(C)c12.CC[O-].Cc1cc(-c2ccccc2)nc2oc3c(Cl)nc(Cl)nc3c12.[Na+]. The molecular formula is C36H28Cl3N6NaO4. The smallest absolute Gasteiger partial charge is 0.855 e. The van der Waals surface area contributed by atoms with Gasteiger partial charge in [0.15, 0.2) is 10.7 Å². The molecule has 8 rings (SSSR count). The van der Waals surface area contributed by atoms with Crippen LogP contribution in [0, 0.1) is 13.8 Å². The van der Waals surface area contributed by atoms with E-state index < -0.39 is 0 Å². The summed E-state index contributed by atoms with van der Waals surface area (Å²) in [4.78, 5) is 25.8. The van der Waals surface area contributed by atoms with Crippen molar-refractivity contribution >= 4 is 79.2 Å². The summed E-state index contributed by atoms with van der Waals surface area (Å²) in [5.41, 5.74) is 8.79. The molecule has 0 aliphatic carbocycles. The third-order valence-corrected chi connectivity index (χ3v) is 7.86. The number of ether oxygens (including phenoxy) is 1. The van der Waals surface area contributed by atoms with Gasteiger partial charge in [0.1, 0.15) is 11.0 Å². The van der Waals surface area contributed by atoms with Gasteiger partial charge in [0, 0.05) is 11.1 Å². The molecule has 0 spiro atoms. The molecule has 0 atom stereocenters. The van der Waals surface area contributed by atoms with Crippen LogP contribution >= 0.6 is 34.8 Å². The van der Waals surface area contributed by atoms with E-state index in [2.05, 4.69) is 29.9 Å². The maximum Gasteiger partial charge on any atom is 1.00 e. The number of halogens is 3. The van der Waals surface area contributed by atoms with Gasteiger partial charge in [-0.15, -0.1) is 6.61 Å². The molecular weight excluding hydrogens is 710 g/mol. The Labute approximate surface area is 324 Å². The monoisotopic (exact) mass is 736 g/mol. The van der Waals surface area contributed by atoms with Crippen LogP contribution < -0.4 is 39.4 Å².